The number of nitrogens with one attached hydrogen (secondary N) is 2. The molecule has 1 aliphatic heterocycles. The molecule has 1 fully saturated rings. The Kier molecular flexibility index (Phi) is 9.80. The zero-order chi connectivity index (χ0) is 26.8. The Morgan fingerprint density at radius 2 is 1.78 bits per heavy atom. The Bertz CT molecular complexity index is 1220. The molecule has 1 aliphatic rings. The summed E-state index contributed by atoms with van der Waals surface area (Å²) >= 11 is 0. The second-order valence-corrected chi connectivity index (χ2v) is 8.68. The topological polar surface area (TPSA) is 126 Å². The van der Waals surface area contributed by atoms with E-state index in [9.17, 15) is 9.59 Å². The average Bonchev–Trinajstić information content (AvgIpc) is 2.93. The van der Waals surface area contributed by atoms with Crippen LogP contribution in [0, 0.1) is 0 Å². The van der Waals surface area contributed by atoms with Crippen LogP contribution >= 0.6 is 0 Å². The SMILES string of the molecule is C=C\C=C(/N=C(/C=C(\N)C(=O)Nc1ccc(C(=O)N2CCNCC2)cc1)CC)c1ccc(N)c(CC)c1. The Morgan fingerprint density at radius 3 is 2.41 bits per heavy atom. The quantitative estimate of drug-likeness (QED) is 0.181. The number of hydrogen-bond acceptors (Lipinski definition) is 6. The molecule has 0 aromatic heterocycles. The number of benzene rings is 2. The highest BCUT2D eigenvalue weighted by Gasteiger charge is 2.18. The van der Waals surface area contributed by atoms with E-state index in [1.54, 1.807) is 36.4 Å². The van der Waals surface area contributed by atoms with Crippen molar-refractivity contribution in [2.24, 2.45) is 10.7 Å². The van der Waals surface area contributed by atoms with E-state index in [-0.39, 0.29) is 11.6 Å². The molecule has 0 unspecified atom stereocenters. The molecule has 1 saturated heterocycles. The van der Waals surface area contributed by atoms with Crippen LogP contribution in [0.4, 0.5) is 11.4 Å². The molecule has 0 spiro atoms. The van der Waals surface area contributed by atoms with Crippen LogP contribution in [0.25, 0.3) is 5.70 Å². The van der Waals surface area contributed by atoms with Crippen molar-refractivity contribution in [1.82, 2.24) is 10.2 Å². The van der Waals surface area contributed by atoms with E-state index >= 15 is 0 Å². The van der Waals surface area contributed by atoms with Crippen LogP contribution in [0.2, 0.25) is 0 Å². The number of anilines is 2. The molecule has 0 atom stereocenters. The van der Waals surface area contributed by atoms with E-state index in [0.717, 1.165) is 36.3 Å². The fourth-order valence-corrected chi connectivity index (χ4v) is 3.94. The second kappa shape index (κ2) is 13.2. The Balaban J connectivity index is 1.73. The summed E-state index contributed by atoms with van der Waals surface area (Å²) in [6.07, 6.45) is 6.44. The molecule has 8 nitrogen and oxygen atoms in total. The molecule has 6 N–H and O–H groups in total. The number of nitrogens with two attached hydrogens (primary N) is 2. The first kappa shape index (κ1) is 27.4. The predicted molar refractivity (Wildman–Crippen MR) is 152 cm³/mol. The highest BCUT2D eigenvalue weighted by molar-refractivity contribution is 6.09. The number of nitrogen functional groups attached to an aromatic ring is 1. The van der Waals surface area contributed by atoms with Gasteiger partial charge < -0.3 is 27.0 Å². The number of piperazine rings is 1. The van der Waals surface area contributed by atoms with Gasteiger partial charge in [-0.2, -0.15) is 0 Å². The molecule has 2 aromatic carbocycles. The molecule has 0 saturated carbocycles. The minimum atomic E-state index is -0.447. The maximum Gasteiger partial charge on any atom is 0.271 e. The standard InChI is InChI=1S/C29H36N6O2/c1-4-7-27(22-10-13-25(30)20(5-2)18-22)33-23(6-3)19-26(31)28(36)34-24-11-8-21(9-12-24)29(37)35-16-14-32-15-17-35/h4,7-13,18-19,32H,1,5-6,14-17,30-31H2,2-3H3,(H,34,36)/b26-19-,27-7-,33-23+. The third-order valence-electron chi connectivity index (χ3n) is 6.10. The monoisotopic (exact) mass is 500 g/mol. The van der Waals surface area contributed by atoms with Crippen LogP contribution in [-0.2, 0) is 11.2 Å². The third kappa shape index (κ3) is 7.41. The van der Waals surface area contributed by atoms with Gasteiger partial charge in [-0.25, -0.2) is 0 Å². The van der Waals surface area contributed by atoms with Crippen LogP contribution in [0.5, 0.6) is 0 Å². The van der Waals surface area contributed by atoms with Crippen molar-refractivity contribution in [2.45, 2.75) is 26.7 Å². The number of aliphatic imine (C=N–C) groups is 1. The van der Waals surface area contributed by atoms with E-state index in [0.29, 0.717) is 42.2 Å². The first-order valence-electron chi connectivity index (χ1n) is 12.5. The molecule has 2 aromatic rings. The summed E-state index contributed by atoms with van der Waals surface area (Å²) in [4.78, 5) is 31.9. The molecule has 3 rings (SSSR count). The molecule has 1 heterocycles. The zero-order valence-corrected chi connectivity index (χ0v) is 21.6. The van der Waals surface area contributed by atoms with Crippen molar-refractivity contribution in [3.05, 3.63) is 89.7 Å². The molecule has 194 valence electrons. The summed E-state index contributed by atoms with van der Waals surface area (Å²) in [6.45, 7) is 10.7. The van der Waals surface area contributed by atoms with Crippen molar-refractivity contribution in [1.29, 1.82) is 0 Å². The van der Waals surface area contributed by atoms with Gasteiger partial charge in [0.1, 0.15) is 0 Å². The van der Waals surface area contributed by atoms with Gasteiger partial charge in [-0.1, -0.05) is 32.6 Å². The molecule has 8 heteroatoms. The molecule has 37 heavy (non-hydrogen) atoms. The lowest BCUT2D eigenvalue weighted by Gasteiger charge is -2.27. The van der Waals surface area contributed by atoms with E-state index in [1.807, 2.05) is 43.0 Å². The maximum absolute atomic E-state index is 12.7. The van der Waals surface area contributed by atoms with Gasteiger partial charge in [0.15, 0.2) is 0 Å². The number of aryl methyl sites for hydroxylation is 1. The van der Waals surface area contributed by atoms with E-state index in [2.05, 4.69) is 17.2 Å². The minimum Gasteiger partial charge on any atom is -0.399 e. The molecule has 0 radical (unpaired) electrons. The van der Waals surface area contributed by atoms with Gasteiger partial charge >= 0.3 is 0 Å². The maximum atomic E-state index is 12.7. The van der Waals surface area contributed by atoms with Gasteiger partial charge in [-0.3, -0.25) is 14.6 Å². The summed E-state index contributed by atoms with van der Waals surface area (Å²) in [6, 6.07) is 12.6. The van der Waals surface area contributed by atoms with E-state index in [4.69, 9.17) is 16.5 Å². The van der Waals surface area contributed by atoms with E-state index < -0.39 is 5.91 Å². The van der Waals surface area contributed by atoms with Crippen molar-refractivity contribution < 1.29 is 9.59 Å². The number of carbonyl (C=O) groups excluding carboxylic acids is 2. The lowest BCUT2D eigenvalue weighted by Crippen LogP contribution is -2.46. The summed E-state index contributed by atoms with van der Waals surface area (Å²) in [5.41, 5.74) is 17.4. The lowest BCUT2D eigenvalue weighted by atomic mass is 10.0. The number of hydrogen-bond donors (Lipinski definition) is 4. The Labute approximate surface area is 218 Å². The number of allylic oxidation sites excluding steroid dienone is 3. The number of carbonyl (C=O) groups is 2. The van der Waals surface area contributed by atoms with E-state index in [1.165, 1.54) is 0 Å². The van der Waals surface area contributed by atoms with Crippen molar-refractivity contribution in [2.75, 3.05) is 37.2 Å². The highest BCUT2D eigenvalue weighted by Crippen LogP contribution is 2.23. The summed E-state index contributed by atoms with van der Waals surface area (Å²) in [5.74, 6) is -0.463. The van der Waals surface area contributed by atoms with Gasteiger partial charge in [0.25, 0.3) is 11.8 Å². The van der Waals surface area contributed by atoms with Crippen LogP contribution < -0.4 is 22.1 Å². The van der Waals surface area contributed by atoms with Gasteiger partial charge in [-0.15, -0.1) is 0 Å². The normalized spacial score (nSPS) is 14.9. The Hall–Kier alpha value is -4.17. The smallest absolute Gasteiger partial charge is 0.271 e. The molecule has 0 aliphatic carbocycles. The van der Waals surface area contributed by atoms with Gasteiger partial charge in [0.05, 0.1) is 11.4 Å². The average molecular weight is 501 g/mol. The number of rotatable bonds is 9. The fourth-order valence-electron chi connectivity index (χ4n) is 3.94. The molecular formula is C29H36N6O2. The fraction of sp³-hybridized carbons (Fsp3) is 0.276. The minimum absolute atomic E-state index is 0.0156. The van der Waals surface area contributed by atoms with Crippen LogP contribution in [0.15, 0.2) is 78.0 Å². The lowest BCUT2D eigenvalue weighted by molar-refractivity contribution is -0.112. The van der Waals surface area contributed by atoms with Crippen LogP contribution in [-0.4, -0.2) is 48.6 Å². The van der Waals surface area contributed by atoms with Crippen LogP contribution in [0.3, 0.4) is 0 Å². The highest BCUT2D eigenvalue weighted by atomic mass is 16.2. The van der Waals surface area contributed by atoms with Crippen molar-refractivity contribution in [3.63, 3.8) is 0 Å². The van der Waals surface area contributed by atoms with Gasteiger partial charge in [0, 0.05) is 54.4 Å². The number of nitrogens with zero attached hydrogens (tertiary/aromatic N) is 2. The summed E-state index contributed by atoms with van der Waals surface area (Å²) in [7, 11) is 0. The third-order valence-corrected chi connectivity index (χ3v) is 6.10. The summed E-state index contributed by atoms with van der Waals surface area (Å²) < 4.78 is 0. The van der Waals surface area contributed by atoms with Gasteiger partial charge in [0.2, 0.25) is 0 Å². The largest absolute Gasteiger partial charge is 0.399 e. The van der Waals surface area contributed by atoms with Crippen LogP contribution in [0.1, 0.15) is 41.8 Å². The van der Waals surface area contributed by atoms with Crippen molar-refractivity contribution >= 4 is 34.6 Å². The zero-order valence-electron chi connectivity index (χ0n) is 21.6. The van der Waals surface area contributed by atoms with Crippen molar-refractivity contribution in [3.8, 4) is 0 Å². The molecule has 2 amide bonds. The molecular weight excluding hydrogens is 464 g/mol. The predicted octanol–water partition coefficient (Wildman–Crippen LogP) is 3.74. The first-order chi connectivity index (χ1) is 17.9. The first-order valence-corrected chi connectivity index (χ1v) is 12.5. The summed E-state index contributed by atoms with van der Waals surface area (Å²) in [5, 5.41) is 6.01. The van der Waals surface area contributed by atoms with Gasteiger partial charge in [-0.05, 0) is 67.0 Å². The number of amides is 2. The second-order valence-electron chi connectivity index (χ2n) is 8.68. The Morgan fingerprint density at radius 1 is 1.11 bits per heavy atom. The molecule has 0 bridgehead atoms.